The summed E-state index contributed by atoms with van der Waals surface area (Å²) in [5.41, 5.74) is 0. The number of methoxy groups -OCH3 is 1. The molecule has 80 valence electrons. The lowest BCUT2D eigenvalue weighted by molar-refractivity contribution is -0.134. The summed E-state index contributed by atoms with van der Waals surface area (Å²) in [5.74, 6) is -0.402. The first-order valence-corrected chi connectivity index (χ1v) is 5.63. The monoisotopic (exact) mass is 262 g/mol. The van der Waals surface area contributed by atoms with Crippen molar-refractivity contribution in [1.82, 2.24) is 0 Å². The maximum atomic E-state index is 10.8. The van der Waals surface area contributed by atoms with Gasteiger partial charge in [0, 0.05) is 16.0 Å². The molecule has 0 spiro atoms. The van der Waals surface area contributed by atoms with Gasteiger partial charge in [-0.1, -0.05) is 35.0 Å². The Kier molecular flexibility index (Phi) is 5.02. The molecule has 0 unspecified atom stereocenters. The van der Waals surface area contributed by atoms with Crippen LogP contribution in [-0.2, 0) is 9.53 Å². The maximum Gasteiger partial charge on any atom is 0.330 e. The van der Waals surface area contributed by atoms with E-state index in [4.69, 9.17) is 23.2 Å². The second kappa shape index (κ2) is 6.05. The summed E-state index contributed by atoms with van der Waals surface area (Å²) in [6, 6.07) is 5.15. The van der Waals surface area contributed by atoms with E-state index in [0.29, 0.717) is 10.0 Å². The molecule has 15 heavy (non-hydrogen) atoms. The summed E-state index contributed by atoms with van der Waals surface area (Å²) in [7, 11) is 1.32. The zero-order valence-electron chi connectivity index (χ0n) is 7.87. The number of esters is 1. The first-order valence-electron chi connectivity index (χ1n) is 3.99. The molecule has 1 aromatic carbocycles. The minimum atomic E-state index is -0.402. The number of carbonyl (C=O) groups excluding carboxylic acids is 1. The van der Waals surface area contributed by atoms with Crippen LogP contribution in [-0.4, -0.2) is 13.1 Å². The second-order valence-electron chi connectivity index (χ2n) is 2.52. The molecule has 0 saturated carbocycles. The highest BCUT2D eigenvalue weighted by atomic mass is 35.5. The van der Waals surface area contributed by atoms with Gasteiger partial charge in [0.1, 0.15) is 0 Å². The minimum Gasteiger partial charge on any atom is -0.466 e. The smallest absolute Gasteiger partial charge is 0.330 e. The number of carbonyl (C=O) groups is 1. The van der Waals surface area contributed by atoms with E-state index in [2.05, 4.69) is 4.74 Å². The van der Waals surface area contributed by atoms with Gasteiger partial charge in [-0.3, -0.25) is 0 Å². The van der Waals surface area contributed by atoms with E-state index < -0.39 is 5.97 Å². The van der Waals surface area contributed by atoms with Crippen molar-refractivity contribution in [2.75, 3.05) is 7.11 Å². The molecule has 0 aromatic heterocycles. The average Bonchev–Trinajstić information content (AvgIpc) is 2.23. The van der Waals surface area contributed by atoms with Crippen molar-refractivity contribution in [2.45, 2.75) is 4.90 Å². The summed E-state index contributed by atoms with van der Waals surface area (Å²) < 4.78 is 4.44. The number of thioether (sulfide) groups is 1. The molecule has 1 rings (SSSR count). The Labute approximate surface area is 102 Å². The number of ether oxygens (including phenoxy) is 1. The fourth-order valence-electron chi connectivity index (χ4n) is 0.798. The summed E-state index contributed by atoms with van der Waals surface area (Å²) in [6.07, 6.45) is 1.32. The first kappa shape index (κ1) is 12.4. The molecule has 0 atom stereocenters. The van der Waals surface area contributed by atoms with Crippen LogP contribution in [0.1, 0.15) is 0 Å². The van der Waals surface area contributed by atoms with Crippen molar-refractivity contribution in [3.63, 3.8) is 0 Å². The minimum absolute atomic E-state index is 0.402. The number of rotatable bonds is 3. The molecular formula is C10H8Cl2O2S. The van der Waals surface area contributed by atoms with E-state index in [1.165, 1.54) is 24.9 Å². The van der Waals surface area contributed by atoms with Crippen LogP contribution < -0.4 is 0 Å². The van der Waals surface area contributed by atoms with E-state index in [-0.39, 0.29) is 0 Å². The summed E-state index contributed by atoms with van der Waals surface area (Å²) in [5, 5.41) is 2.80. The third kappa shape index (κ3) is 4.16. The Morgan fingerprint density at radius 1 is 1.47 bits per heavy atom. The van der Waals surface area contributed by atoms with Gasteiger partial charge in [-0.15, -0.1) is 0 Å². The normalized spacial score (nSPS) is 10.6. The Bertz CT molecular complexity index is 391. The molecule has 0 saturated heterocycles. The molecule has 2 nitrogen and oxygen atoms in total. The highest BCUT2D eigenvalue weighted by molar-refractivity contribution is 8.02. The van der Waals surface area contributed by atoms with Crippen LogP contribution in [0.3, 0.4) is 0 Å². The van der Waals surface area contributed by atoms with Gasteiger partial charge in [0.15, 0.2) is 0 Å². The van der Waals surface area contributed by atoms with Gasteiger partial charge in [0.25, 0.3) is 0 Å². The molecule has 0 N–H and O–H groups in total. The van der Waals surface area contributed by atoms with Crippen LogP contribution in [0.2, 0.25) is 10.0 Å². The molecular weight excluding hydrogens is 255 g/mol. The third-order valence-corrected chi connectivity index (χ3v) is 3.03. The molecule has 1 aromatic rings. The fourth-order valence-corrected chi connectivity index (χ4v) is 1.99. The maximum absolute atomic E-state index is 10.8. The van der Waals surface area contributed by atoms with Gasteiger partial charge in [-0.25, -0.2) is 4.79 Å². The first-order chi connectivity index (χ1) is 7.13. The molecule has 0 amide bonds. The van der Waals surface area contributed by atoms with Crippen molar-refractivity contribution in [3.05, 3.63) is 39.7 Å². The zero-order chi connectivity index (χ0) is 11.3. The molecule has 0 heterocycles. The average molecular weight is 263 g/mol. The molecule has 0 aliphatic rings. The molecule has 0 aliphatic carbocycles. The van der Waals surface area contributed by atoms with Crippen molar-refractivity contribution in [3.8, 4) is 0 Å². The Morgan fingerprint density at radius 2 is 2.20 bits per heavy atom. The SMILES string of the molecule is COC(=O)C=CSc1cc(Cl)ccc1Cl. The quantitative estimate of drug-likeness (QED) is 0.471. The Morgan fingerprint density at radius 3 is 2.87 bits per heavy atom. The van der Waals surface area contributed by atoms with Crippen LogP contribution in [0.15, 0.2) is 34.6 Å². The van der Waals surface area contributed by atoms with Crippen LogP contribution >= 0.6 is 35.0 Å². The number of hydrogen-bond donors (Lipinski definition) is 0. The number of hydrogen-bond acceptors (Lipinski definition) is 3. The van der Waals surface area contributed by atoms with Crippen molar-refractivity contribution < 1.29 is 9.53 Å². The Balaban J connectivity index is 2.68. The number of benzene rings is 1. The summed E-state index contributed by atoms with van der Waals surface area (Å²) in [6.45, 7) is 0. The topological polar surface area (TPSA) is 26.3 Å². The fraction of sp³-hybridized carbons (Fsp3) is 0.100. The highest BCUT2D eigenvalue weighted by Gasteiger charge is 2.00. The van der Waals surface area contributed by atoms with Crippen molar-refractivity contribution >= 4 is 40.9 Å². The van der Waals surface area contributed by atoms with Gasteiger partial charge >= 0.3 is 5.97 Å². The van der Waals surface area contributed by atoms with E-state index >= 15 is 0 Å². The van der Waals surface area contributed by atoms with E-state index in [0.717, 1.165) is 4.90 Å². The standard InChI is InChI=1S/C10H8Cl2O2S/c1-14-10(13)4-5-15-9-6-7(11)2-3-8(9)12/h2-6H,1H3. The van der Waals surface area contributed by atoms with Crippen LogP contribution in [0.25, 0.3) is 0 Å². The van der Waals surface area contributed by atoms with Crippen molar-refractivity contribution in [2.24, 2.45) is 0 Å². The zero-order valence-corrected chi connectivity index (χ0v) is 10.2. The van der Waals surface area contributed by atoms with E-state index in [1.54, 1.807) is 23.6 Å². The largest absolute Gasteiger partial charge is 0.466 e. The van der Waals surface area contributed by atoms with E-state index in [1.807, 2.05) is 0 Å². The summed E-state index contributed by atoms with van der Waals surface area (Å²) in [4.78, 5) is 11.6. The molecule has 0 aliphatic heterocycles. The third-order valence-electron chi connectivity index (χ3n) is 1.49. The number of halogens is 2. The molecule has 0 bridgehead atoms. The van der Waals surface area contributed by atoms with Crippen LogP contribution in [0.4, 0.5) is 0 Å². The van der Waals surface area contributed by atoms with Crippen LogP contribution in [0.5, 0.6) is 0 Å². The lowest BCUT2D eigenvalue weighted by atomic mass is 10.4. The van der Waals surface area contributed by atoms with E-state index in [9.17, 15) is 4.79 Å². The highest BCUT2D eigenvalue weighted by Crippen LogP contribution is 2.30. The van der Waals surface area contributed by atoms with Gasteiger partial charge < -0.3 is 4.74 Å². The van der Waals surface area contributed by atoms with Gasteiger partial charge in [-0.2, -0.15) is 0 Å². The lowest BCUT2D eigenvalue weighted by Crippen LogP contribution is -1.92. The molecule has 0 fully saturated rings. The Hall–Kier alpha value is -0.640. The predicted octanol–water partition coefficient (Wildman–Crippen LogP) is 3.77. The predicted molar refractivity (Wildman–Crippen MR) is 63.5 cm³/mol. The van der Waals surface area contributed by atoms with Crippen molar-refractivity contribution in [1.29, 1.82) is 0 Å². The van der Waals surface area contributed by atoms with Crippen LogP contribution in [0, 0.1) is 0 Å². The molecule has 5 heteroatoms. The molecule has 0 radical (unpaired) electrons. The van der Waals surface area contributed by atoms with Gasteiger partial charge in [-0.05, 0) is 23.6 Å². The van der Waals surface area contributed by atoms with Gasteiger partial charge in [0.2, 0.25) is 0 Å². The van der Waals surface area contributed by atoms with Gasteiger partial charge in [0.05, 0.1) is 12.1 Å². The second-order valence-corrected chi connectivity index (χ2v) is 4.31. The lowest BCUT2D eigenvalue weighted by Gasteiger charge is -2.00. The summed E-state index contributed by atoms with van der Waals surface area (Å²) >= 11 is 13.0.